The number of ether oxygens (including phenoxy) is 2. The molecule has 0 aromatic heterocycles. The third-order valence-electron chi connectivity index (χ3n) is 5.49. The zero-order valence-electron chi connectivity index (χ0n) is 15.6. The average Bonchev–Trinajstić information content (AvgIpc) is 3.20. The maximum atomic E-state index is 12.8. The summed E-state index contributed by atoms with van der Waals surface area (Å²) in [7, 11) is 3.13. The Morgan fingerprint density at radius 1 is 1.00 bits per heavy atom. The molecule has 1 saturated heterocycles. The second-order valence-electron chi connectivity index (χ2n) is 7.13. The number of likely N-dealkylation sites (tertiary alicyclic amines) is 1. The van der Waals surface area contributed by atoms with Crippen LogP contribution in [-0.2, 0) is 4.79 Å². The van der Waals surface area contributed by atoms with E-state index in [1.807, 2.05) is 4.90 Å². The monoisotopic (exact) mass is 360 g/mol. The minimum Gasteiger partial charge on any atom is -0.493 e. The van der Waals surface area contributed by atoms with Crippen molar-refractivity contribution in [3.05, 3.63) is 23.8 Å². The molecular weight excluding hydrogens is 332 g/mol. The SMILES string of the molecule is COc1ccc(C(=O)N2CCC(C(=O)NC3CCCC3)CC2)cc1OC. The molecule has 0 unspecified atom stereocenters. The molecule has 1 aromatic rings. The lowest BCUT2D eigenvalue weighted by Crippen LogP contribution is -2.44. The molecule has 3 rings (SSSR count). The van der Waals surface area contributed by atoms with Crippen LogP contribution in [0.3, 0.4) is 0 Å². The molecule has 2 aliphatic rings. The summed E-state index contributed by atoms with van der Waals surface area (Å²) in [6.45, 7) is 1.21. The van der Waals surface area contributed by atoms with E-state index in [0.29, 0.717) is 36.2 Å². The Hall–Kier alpha value is -2.24. The normalized spacial score (nSPS) is 18.6. The van der Waals surface area contributed by atoms with Crippen molar-refractivity contribution in [2.45, 2.75) is 44.6 Å². The van der Waals surface area contributed by atoms with E-state index in [1.54, 1.807) is 32.4 Å². The van der Waals surface area contributed by atoms with Crippen molar-refractivity contribution >= 4 is 11.8 Å². The molecule has 142 valence electrons. The Kier molecular flexibility index (Phi) is 6.01. The summed E-state index contributed by atoms with van der Waals surface area (Å²) < 4.78 is 10.5. The van der Waals surface area contributed by atoms with Crippen LogP contribution in [0.2, 0.25) is 0 Å². The molecule has 1 aromatic carbocycles. The van der Waals surface area contributed by atoms with Gasteiger partial charge in [-0.25, -0.2) is 0 Å². The molecule has 0 bridgehead atoms. The Labute approximate surface area is 154 Å². The van der Waals surface area contributed by atoms with Crippen LogP contribution in [-0.4, -0.2) is 50.1 Å². The van der Waals surface area contributed by atoms with Gasteiger partial charge in [-0.3, -0.25) is 9.59 Å². The van der Waals surface area contributed by atoms with E-state index in [1.165, 1.54) is 12.8 Å². The molecule has 6 nitrogen and oxygen atoms in total. The minimum absolute atomic E-state index is 0.0186. The molecule has 1 aliphatic heterocycles. The van der Waals surface area contributed by atoms with E-state index in [9.17, 15) is 9.59 Å². The van der Waals surface area contributed by atoms with Crippen LogP contribution in [0.4, 0.5) is 0 Å². The summed E-state index contributed by atoms with van der Waals surface area (Å²) >= 11 is 0. The summed E-state index contributed by atoms with van der Waals surface area (Å²) in [5, 5.41) is 3.18. The number of piperidine rings is 1. The topological polar surface area (TPSA) is 67.9 Å². The van der Waals surface area contributed by atoms with E-state index in [0.717, 1.165) is 25.7 Å². The van der Waals surface area contributed by atoms with Crippen LogP contribution < -0.4 is 14.8 Å². The molecule has 0 atom stereocenters. The van der Waals surface area contributed by atoms with Crippen molar-refractivity contribution in [2.75, 3.05) is 27.3 Å². The first-order valence-corrected chi connectivity index (χ1v) is 9.44. The highest BCUT2D eigenvalue weighted by Gasteiger charge is 2.29. The first-order chi connectivity index (χ1) is 12.6. The molecule has 26 heavy (non-hydrogen) atoms. The summed E-state index contributed by atoms with van der Waals surface area (Å²) in [5.41, 5.74) is 0.580. The third-order valence-corrected chi connectivity index (χ3v) is 5.49. The minimum atomic E-state index is -0.0272. The number of hydrogen-bond donors (Lipinski definition) is 1. The number of rotatable bonds is 5. The number of carbonyl (C=O) groups excluding carboxylic acids is 2. The number of nitrogens with zero attached hydrogens (tertiary/aromatic N) is 1. The molecule has 0 radical (unpaired) electrons. The number of nitrogens with one attached hydrogen (secondary N) is 1. The van der Waals surface area contributed by atoms with Gasteiger partial charge in [-0.1, -0.05) is 12.8 Å². The summed E-state index contributed by atoms with van der Waals surface area (Å²) in [4.78, 5) is 27.0. The van der Waals surface area contributed by atoms with Crippen molar-refractivity contribution in [3.8, 4) is 11.5 Å². The quantitative estimate of drug-likeness (QED) is 0.876. The van der Waals surface area contributed by atoms with Gasteiger partial charge in [0.15, 0.2) is 11.5 Å². The molecule has 2 amide bonds. The Balaban J connectivity index is 1.55. The standard InChI is InChI=1S/C20H28N2O4/c1-25-17-8-7-15(13-18(17)26-2)20(24)22-11-9-14(10-12-22)19(23)21-16-5-3-4-6-16/h7-8,13-14,16H,3-6,9-12H2,1-2H3,(H,21,23). The highest BCUT2D eigenvalue weighted by molar-refractivity contribution is 5.95. The summed E-state index contributed by atoms with van der Waals surface area (Å²) in [5.74, 6) is 1.30. The van der Waals surface area contributed by atoms with Crippen LogP contribution >= 0.6 is 0 Å². The fraction of sp³-hybridized carbons (Fsp3) is 0.600. The highest BCUT2D eigenvalue weighted by Crippen LogP contribution is 2.29. The molecule has 6 heteroatoms. The van der Waals surface area contributed by atoms with Crippen LogP contribution in [0.25, 0.3) is 0 Å². The number of methoxy groups -OCH3 is 2. The molecule has 2 fully saturated rings. The largest absolute Gasteiger partial charge is 0.493 e. The Bertz CT molecular complexity index is 647. The maximum absolute atomic E-state index is 12.8. The van der Waals surface area contributed by atoms with Crippen molar-refractivity contribution < 1.29 is 19.1 Å². The highest BCUT2D eigenvalue weighted by atomic mass is 16.5. The third kappa shape index (κ3) is 4.11. The second kappa shape index (κ2) is 8.43. The van der Waals surface area contributed by atoms with E-state index in [4.69, 9.17) is 9.47 Å². The van der Waals surface area contributed by atoms with E-state index >= 15 is 0 Å². The predicted octanol–water partition coefficient (Wildman–Crippen LogP) is 2.61. The van der Waals surface area contributed by atoms with Gasteiger partial charge in [0.2, 0.25) is 5.91 Å². The lowest BCUT2D eigenvalue weighted by Gasteiger charge is -2.32. The fourth-order valence-electron chi connectivity index (χ4n) is 3.89. The maximum Gasteiger partial charge on any atom is 0.253 e. The first-order valence-electron chi connectivity index (χ1n) is 9.44. The summed E-state index contributed by atoms with van der Waals surface area (Å²) in [6.07, 6.45) is 6.06. The Morgan fingerprint density at radius 2 is 1.65 bits per heavy atom. The molecule has 1 N–H and O–H groups in total. The van der Waals surface area contributed by atoms with Gasteiger partial charge in [0.1, 0.15) is 0 Å². The lowest BCUT2D eigenvalue weighted by molar-refractivity contribution is -0.127. The van der Waals surface area contributed by atoms with Gasteiger partial charge >= 0.3 is 0 Å². The second-order valence-corrected chi connectivity index (χ2v) is 7.13. The van der Waals surface area contributed by atoms with E-state index in [-0.39, 0.29) is 17.7 Å². The zero-order chi connectivity index (χ0) is 18.5. The van der Waals surface area contributed by atoms with Gasteiger partial charge in [0.25, 0.3) is 5.91 Å². The Morgan fingerprint density at radius 3 is 2.27 bits per heavy atom. The van der Waals surface area contributed by atoms with Crippen LogP contribution in [0, 0.1) is 5.92 Å². The summed E-state index contributed by atoms with van der Waals surface area (Å²) in [6, 6.07) is 5.56. The van der Waals surface area contributed by atoms with Gasteiger partial charge in [-0.2, -0.15) is 0 Å². The molecule has 1 heterocycles. The molecular formula is C20H28N2O4. The van der Waals surface area contributed by atoms with Crippen molar-refractivity contribution in [2.24, 2.45) is 5.92 Å². The smallest absolute Gasteiger partial charge is 0.253 e. The van der Waals surface area contributed by atoms with Crippen LogP contribution in [0.5, 0.6) is 11.5 Å². The van der Waals surface area contributed by atoms with Gasteiger partial charge in [-0.05, 0) is 43.9 Å². The molecule has 1 saturated carbocycles. The zero-order valence-corrected chi connectivity index (χ0v) is 15.6. The van der Waals surface area contributed by atoms with Gasteiger partial charge in [0, 0.05) is 30.6 Å². The lowest BCUT2D eigenvalue weighted by atomic mass is 9.95. The van der Waals surface area contributed by atoms with Gasteiger partial charge in [-0.15, -0.1) is 0 Å². The first kappa shape index (κ1) is 18.5. The number of carbonyl (C=O) groups is 2. The van der Waals surface area contributed by atoms with E-state index in [2.05, 4.69) is 5.32 Å². The number of benzene rings is 1. The van der Waals surface area contributed by atoms with Gasteiger partial charge in [0.05, 0.1) is 14.2 Å². The van der Waals surface area contributed by atoms with Crippen LogP contribution in [0.15, 0.2) is 18.2 Å². The number of hydrogen-bond acceptors (Lipinski definition) is 4. The van der Waals surface area contributed by atoms with E-state index < -0.39 is 0 Å². The molecule has 0 spiro atoms. The van der Waals surface area contributed by atoms with Crippen molar-refractivity contribution in [1.82, 2.24) is 10.2 Å². The number of amides is 2. The van der Waals surface area contributed by atoms with Crippen molar-refractivity contribution in [1.29, 1.82) is 0 Å². The van der Waals surface area contributed by atoms with Crippen LogP contribution in [0.1, 0.15) is 48.9 Å². The predicted molar refractivity (Wildman–Crippen MR) is 98.6 cm³/mol. The molecule has 1 aliphatic carbocycles. The fourth-order valence-corrected chi connectivity index (χ4v) is 3.89. The van der Waals surface area contributed by atoms with Crippen molar-refractivity contribution in [3.63, 3.8) is 0 Å². The van der Waals surface area contributed by atoms with Gasteiger partial charge < -0.3 is 19.7 Å². The average molecular weight is 360 g/mol.